The third-order valence-electron chi connectivity index (χ3n) is 3.06. The second-order valence-corrected chi connectivity index (χ2v) is 4.21. The average Bonchev–Trinajstić information content (AvgIpc) is 3.01. The topological polar surface area (TPSA) is 41.6 Å². The van der Waals surface area contributed by atoms with E-state index in [1.165, 1.54) is 20.0 Å². The van der Waals surface area contributed by atoms with E-state index >= 15 is 0 Å². The third-order valence-corrected chi connectivity index (χ3v) is 3.06. The van der Waals surface area contributed by atoms with Crippen LogP contribution in [0.15, 0.2) is 0 Å². The zero-order valence-corrected chi connectivity index (χ0v) is 8.66. The standard InChI is InChI=1S/C10H18N2O2/c1-14-10(13)7-12-5-4-11-9(6-12)8-2-3-8/h8-9,11H,2-7H2,1H3. The van der Waals surface area contributed by atoms with Crippen LogP contribution >= 0.6 is 0 Å². The number of methoxy groups -OCH3 is 1. The first-order valence-electron chi connectivity index (χ1n) is 5.32. The fourth-order valence-electron chi connectivity index (χ4n) is 2.05. The van der Waals surface area contributed by atoms with Crippen molar-refractivity contribution in [2.75, 3.05) is 33.3 Å². The summed E-state index contributed by atoms with van der Waals surface area (Å²) in [6.45, 7) is 3.40. The molecule has 0 aromatic carbocycles. The Labute approximate surface area is 84.6 Å². The highest BCUT2D eigenvalue weighted by molar-refractivity contribution is 5.71. The minimum Gasteiger partial charge on any atom is -0.468 e. The first-order valence-corrected chi connectivity index (χ1v) is 5.32. The summed E-state index contributed by atoms with van der Waals surface area (Å²) in [7, 11) is 1.45. The van der Waals surface area contributed by atoms with Crippen LogP contribution in [0.2, 0.25) is 0 Å². The smallest absolute Gasteiger partial charge is 0.319 e. The van der Waals surface area contributed by atoms with Crippen LogP contribution in [0.1, 0.15) is 12.8 Å². The highest BCUT2D eigenvalue weighted by atomic mass is 16.5. The summed E-state index contributed by atoms with van der Waals surface area (Å²) in [5.74, 6) is 0.733. The Hall–Kier alpha value is -0.610. The normalized spacial score (nSPS) is 28.8. The van der Waals surface area contributed by atoms with Crippen LogP contribution in [0.3, 0.4) is 0 Å². The minimum atomic E-state index is -0.124. The summed E-state index contributed by atoms with van der Waals surface area (Å²) in [5.41, 5.74) is 0. The third kappa shape index (κ3) is 2.45. The van der Waals surface area contributed by atoms with Gasteiger partial charge in [-0.25, -0.2) is 0 Å². The van der Waals surface area contributed by atoms with Crippen LogP contribution in [0.5, 0.6) is 0 Å². The van der Waals surface area contributed by atoms with Gasteiger partial charge in [-0.05, 0) is 18.8 Å². The number of nitrogens with zero attached hydrogens (tertiary/aromatic N) is 1. The molecule has 2 aliphatic rings. The molecule has 14 heavy (non-hydrogen) atoms. The molecule has 0 amide bonds. The lowest BCUT2D eigenvalue weighted by Crippen LogP contribution is -2.52. The number of nitrogens with one attached hydrogen (secondary N) is 1. The van der Waals surface area contributed by atoms with Crippen LogP contribution in [-0.4, -0.2) is 50.2 Å². The lowest BCUT2D eigenvalue weighted by molar-refractivity contribution is -0.142. The van der Waals surface area contributed by atoms with E-state index in [-0.39, 0.29) is 5.97 Å². The maximum absolute atomic E-state index is 11.1. The van der Waals surface area contributed by atoms with Gasteiger partial charge in [-0.15, -0.1) is 0 Å². The van der Waals surface area contributed by atoms with Crippen molar-refractivity contribution < 1.29 is 9.53 Å². The lowest BCUT2D eigenvalue weighted by atomic mass is 10.1. The number of hydrogen-bond acceptors (Lipinski definition) is 4. The van der Waals surface area contributed by atoms with Gasteiger partial charge in [-0.2, -0.15) is 0 Å². The number of carbonyl (C=O) groups is 1. The summed E-state index contributed by atoms with van der Waals surface area (Å²) in [4.78, 5) is 13.3. The van der Waals surface area contributed by atoms with Gasteiger partial charge in [0.05, 0.1) is 13.7 Å². The summed E-state index contributed by atoms with van der Waals surface area (Å²) in [6, 6.07) is 0.605. The Kier molecular flexibility index (Phi) is 3.03. The molecule has 2 fully saturated rings. The molecule has 1 aliphatic heterocycles. The molecule has 1 atom stereocenters. The highest BCUT2D eigenvalue weighted by Crippen LogP contribution is 2.33. The molecule has 0 radical (unpaired) electrons. The van der Waals surface area contributed by atoms with E-state index < -0.39 is 0 Å². The van der Waals surface area contributed by atoms with Crippen molar-refractivity contribution >= 4 is 5.97 Å². The summed E-state index contributed by atoms with van der Waals surface area (Å²) in [6.07, 6.45) is 2.70. The van der Waals surface area contributed by atoms with Crippen molar-refractivity contribution in [2.45, 2.75) is 18.9 Å². The molecule has 1 saturated carbocycles. The largest absolute Gasteiger partial charge is 0.468 e. The number of hydrogen-bond donors (Lipinski definition) is 1. The molecule has 4 heteroatoms. The van der Waals surface area contributed by atoms with Gasteiger partial charge < -0.3 is 10.1 Å². The van der Waals surface area contributed by atoms with E-state index in [1.54, 1.807) is 0 Å². The molecule has 0 aromatic heterocycles. The average molecular weight is 198 g/mol. The molecule has 0 spiro atoms. The second-order valence-electron chi connectivity index (χ2n) is 4.21. The minimum absolute atomic E-state index is 0.124. The van der Waals surface area contributed by atoms with Gasteiger partial charge in [0.2, 0.25) is 0 Å². The van der Waals surface area contributed by atoms with E-state index in [1.807, 2.05) is 0 Å². The molecule has 2 rings (SSSR count). The fraction of sp³-hybridized carbons (Fsp3) is 0.900. The Balaban J connectivity index is 1.78. The maximum Gasteiger partial charge on any atom is 0.319 e. The van der Waals surface area contributed by atoms with E-state index in [9.17, 15) is 4.79 Å². The number of ether oxygens (including phenoxy) is 1. The number of piperazine rings is 1. The van der Waals surface area contributed by atoms with Crippen molar-refractivity contribution in [1.29, 1.82) is 0 Å². The predicted octanol–water partition coefficient (Wildman–Crippen LogP) is -0.157. The Morgan fingerprint density at radius 1 is 1.57 bits per heavy atom. The SMILES string of the molecule is COC(=O)CN1CCNC(C2CC2)C1. The molecular formula is C10H18N2O2. The van der Waals surface area contributed by atoms with Gasteiger partial charge in [0.25, 0.3) is 0 Å². The molecule has 1 heterocycles. The Bertz CT molecular complexity index is 216. The maximum atomic E-state index is 11.1. The number of carbonyl (C=O) groups excluding carboxylic acids is 1. The first-order chi connectivity index (χ1) is 6.79. The van der Waals surface area contributed by atoms with E-state index in [2.05, 4.69) is 15.0 Å². The molecule has 1 saturated heterocycles. The zero-order chi connectivity index (χ0) is 9.97. The molecule has 1 unspecified atom stereocenters. The van der Waals surface area contributed by atoms with Gasteiger partial charge in [-0.1, -0.05) is 0 Å². The predicted molar refractivity (Wildman–Crippen MR) is 53.0 cm³/mol. The van der Waals surface area contributed by atoms with Crippen molar-refractivity contribution in [3.8, 4) is 0 Å². The van der Waals surface area contributed by atoms with Crippen LogP contribution in [0, 0.1) is 5.92 Å². The van der Waals surface area contributed by atoms with E-state index in [4.69, 9.17) is 0 Å². The molecule has 80 valence electrons. The summed E-state index contributed by atoms with van der Waals surface area (Å²) < 4.78 is 4.66. The van der Waals surface area contributed by atoms with Crippen molar-refractivity contribution in [1.82, 2.24) is 10.2 Å². The summed E-state index contributed by atoms with van der Waals surface area (Å²) >= 11 is 0. The fourth-order valence-corrected chi connectivity index (χ4v) is 2.05. The lowest BCUT2D eigenvalue weighted by Gasteiger charge is -2.32. The monoisotopic (exact) mass is 198 g/mol. The van der Waals surface area contributed by atoms with Gasteiger partial charge in [-0.3, -0.25) is 9.69 Å². The van der Waals surface area contributed by atoms with E-state index in [0.717, 1.165) is 25.6 Å². The quantitative estimate of drug-likeness (QED) is 0.640. The Morgan fingerprint density at radius 2 is 2.36 bits per heavy atom. The van der Waals surface area contributed by atoms with Gasteiger partial charge in [0.15, 0.2) is 0 Å². The van der Waals surface area contributed by atoms with Crippen LogP contribution < -0.4 is 5.32 Å². The molecular weight excluding hydrogens is 180 g/mol. The number of rotatable bonds is 3. The van der Waals surface area contributed by atoms with Crippen molar-refractivity contribution in [3.63, 3.8) is 0 Å². The van der Waals surface area contributed by atoms with Gasteiger partial charge >= 0.3 is 5.97 Å². The molecule has 0 bridgehead atoms. The van der Waals surface area contributed by atoms with Crippen LogP contribution in [0.25, 0.3) is 0 Å². The Morgan fingerprint density at radius 3 is 3.00 bits per heavy atom. The van der Waals surface area contributed by atoms with Gasteiger partial charge in [0.1, 0.15) is 0 Å². The molecule has 4 nitrogen and oxygen atoms in total. The van der Waals surface area contributed by atoms with E-state index in [0.29, 0.717) is 12.6 Å². The van der Waals surface area contributed by atoms with Gasteiger partial charge in [0, 0.05) is 25.7 Å². The zero-order valence-electron chi connectivity index (χ0n) is 8.66. The molecule has 0 aromatic rings. The first kappa shape index (κ1) is 9.93. The van der Waals surface area contributed by atoms with Crippen molar-refractivity contribution in [2.24, 2.45) is 5.92 Å². The molecule has 1 N–H and O–H groups in total. The summed E-state index contributed by atoms with van der Waals surface area (Å²) in [5, 5.41) is 3.51. The van der Waals surface area contributed by atoms with Crippen molar-refractivity contribution in [3.05, 3.63) is 0 Å². The highest BCUT2D eigenvalue weighted by Gasteiger charge is 2.34. The second kappa shape index (κ2) is 4.28. The van der Waals surface area contributed by atoms with Crippen LogP contribution in [0.4, 0.5) is 0 Å². The van der Waals surface area contributed by atoms with Crippen LogP contribution in [-0.2, 0) is 9.53 Å². The molecule has 1 aliphatic carbocycles. The number of esters is 1.